The number of aryl methyl sites for hydroxylation is 1. The standard InChI is InChI=1S/C13H19Cl2NO3S/c1-7-6-10(14)8(2)12(11(7)15)20(18,19)16-13(4,5)9(3)17/h6,9,16-17H,1-5H3. The molecule has 4 nitrogen and oxygen atoms in total. The van der Waals surface area contributed by atoms with Gasteiger partial charge in [-0.05, 0) is 51.8 Å². The van der Waals surface area contributed by atoms with Crippen LogP contribution >= 0.6 is 23.2 Å². The maximum atomic E-state index is 12.5. The average molecular weight is 340 g/mol. The van der Waals surface area contributed by atoms with Gasteiger partial charge >= 0.3 is 0 Å². The first-order valence-electron chi connectivity index (χ1n) is 6.07. The minimum absolute atomic E-state index is 0.0436. The molecule has 1 rings (SSSR count). The monoisotopic (exact) mass is 339 g/mol. The molecule has 20 heavy (non-hydrogen) atoms. The van der Waals surface area contributed by atoms with Crippen LogP contribution in [-0.2, 0) is 10.0 Å². The lowest BCUT2D eigenvalue weighted by Gasteiger charge is -2.29. The molecule has 0 saturated heterocycles. The molecule has 0 aromatic heterocycles. The molecule has 2 N–H and O–H groups in total. The summed E-state index contributed by atoms with van der Waals surface area (Å²) in [5.41, 5.74) is -0.0566. The molecule has 1 aromatic rings. The number of hydrogen-bond acceptors (Lipinski definition) is 3. The molecule has 1 unspecified atom stereocenters. The fourth-order valence-corrected chi connectivity index (χ4v) is 4.31. The number of aliphatic hydroxyl groups is 1. The Labute approximate surface area is 130 Å². The zero-order chi connectivity index (χ0) is 15.9. The second-order valence-electron chi connectivity index (χ2n) is 5.45. The van der Waals surface area contributed by atoms with Gasteiger partial charge in [0.1, 0.15) is 4.90 Å². The molecule has 0 bridgehead atoms. The molecule has 7 heteroatoms. The van der Waals surface area contributed by atoms with Crippen LogP contribution in [0.3, 0.4) is 0 Å². The van der Waals surface area contributed by atoms with Crippen LogP contribution in [-0.4, -0.2) is 25.2 Å². The van der Waals surface area contributed by atoms with E-state index in [0.717, 1.165) is 0 Å². The zero-order valence-corrected chi connectivity index (χ0v) is 14.4. The molecule has 114 valence electrons. The van der Waals surface area contributed by atoms with E-state index in [1.54, 1.807) is 33.8 Å². The molecule has 0 amide bonds. The number of aliphatic hydroxyl groups excluding tert-OH is 1. The summed E-state index contributed by atoms with van der Waals surface area (Å²) in [6.45, 7) is 7.98. The van der Waals surface area contributed by atoms with E-state index < -0.39 is 21.7 Å². The fraction of sp³-hybridized carbons (Fsp3) is 0.538. The van der Waals surface area contributed by atoms with E-state index in [1.165, 1.54) is 6.92 Å². The Morgan fingerprint density at radius 1 is 1.30 bits per heavy atom. The highest BCUT2D eigenvalue weighted by atomic mass is 35.5. The van der Waals surface area contributed by atoms with E-state index in [4.69, 9.17) is 23.2 Å². The van der Waals surface area contributed by atoms with Crippen molar-refractivity contribution in [2.75, 3.05) is 0 Å². The minimum atomic E-state index is -3.90. The summed E-state index contributed by atoms with van der Waals surface area (Å²) in [5.74, 6) is 0. The number of sulfonamides is 1. The molecular weight excluding hydrogens is 321 g/mol. The predicted octanol–water partition coefficient (Wildman–Crippen LogP) is 3.05. The van der Waals surface area contributed by atoms with Crippen LogP contribution in [0, 0.1) is 13.8 Å². The molecule has 0 saturated carbocycles. The quantitative estimate of drug-likeness (QED) is 0.885. The van der Waals surface area contributed by atoms with Gasteiger partial charge < -0.3 is 5.11 Å². The Bertz CT molecular complexity index is 599. The zero-order valence-electron chi connectivity index (χ0n) is 12.1. The largest absolute Gasteiger partial charge is 0.391 e. The van der Waals surface area contributed by atoms with Gasteiger partial charge in [0.15, 0.2) is 0 Å². The number of hydrogen-bond donors (Lipinski definition) is 2. The topological polar surface area (TPSA) is 66.4 Å². The van der Waals surface area contributed by atoms with Crippen LogP contribution in [0.25, 0.3) is 0 Å². The van der Waals surface area contributed by atoms with Crippen molar-refractivity contribution in [3.8, 4) is 0 Å². The van der Waals surface area contributed by atoms with Gasteiger partial charge in [-0.1, -0.05) is 23.2 Å². The summed E-state index contributed by atoms with van der Waals surface area (Å²) in [6, 6.07) is 1.62. The van der Waals surface area contributed by atoms with Crippen LogP contribution in [0.5, 0.6) is 0 Å². The number of nitrogens with one attached hydrogen (secondary N) is 1. The third-order valence-electron chi connectivity index (χ3n) is 3.30. The van der Waals surface area contributed by atoms with Crippen LogP contribution in [0.4, 0.5) is 0 Å². The van der Waals surface area contributed by atoms with Crippen molar-refractivity contribution < 1.29 is 13.5 Å². The van der Waals surface area contributed by atoms with Crippen LogP contribution in [0.1, 0.15) is 31.9 Å². The van der Waals surface area contributed by atoms with Crippen molar-refractivity contribution in [3.63, 3.8) is 0 Å². The highest BCUT2D eigenvalue weighted by Crippen LogP contribution is 2.34. The van der Waals surface area contributed by atoms with Gasteiger partial charge in [-0.15, -0.1) is 0 Å². The van der Waals surface area contributed by atoms with Crippen molar-refractivity contribution in [1.82, 2.24) is 4.72 Å². The van der Waals surface area contributed by atoms with E-state index in [9.17, 15) is 13.5 Å². The maximum Gasteiger partial charge on any atom is 0.242 e. The third kappa shape index (κ3) is 3.46. The van der Waals surface area contributed by atoms with Gasteiger partial charge in [0, 0.05) is 5.02 Å². The first-order chi connectivity index (χ1) is 8.90. The molecule has 0 fully saturated rings. The fourth-order valence-electron chi connectivity index (χ4n) is 1.62. The van der Waals surface area contributed by atoms with Gasteiger partial charge in [0.05, 0.1) is 16.7 Å². The predicted molar refractivity (Wildman–Crippen MR) is 82.0 cm³/mol. The van der Waals surface area contributed by atoms with Gasteiger partial charge in [0.2, 0.25) is 10.0 Å². The molecule has 1 aromatic carbocycles. The van der Waals surface area contributed by atoms with E-state index in [1.807, 2.05) is 0 Å². The first kappa shape index (κ1) is 17.7. The van der Waals surface area contributed by atoms with Gasteiger partial charge in [0.25, 0.3) is 0 Å². The Balaban J connectivity index is 3.45. The molecular formula is C13H19Cl2NO3S. The number of benzene rings is 1. The lowest BCUT2D eigenvalue weighted by atomic mass is 10.0. The summed E-state index contributed by atoms with van der Waals surface area (Å²) >= 11 is 12.2. The van der Waals surface area contributed by atoms with Gasteiger partial charge in [-0.25, -0.2) is 13.1 Å². The maximum absolute atomic E-state index is 12.5. The Kier molecular flexibility index (Phi) is 5.15. The highest BCUT2D eigenvalue weighted by molar-refractivity contribution is 7.89. The van der Waals surface area contributed by atoms with E-state index in [2.05, 4.69) is 4.72 Å². The number of rotatable bonds is 4. The first-order valence-corrected chi connectivity index (χ1v) is 8.31. The number of halogens is 2. The van der Waals surface area contributed by atoms with E-state index in [-0.39, 0.29) is 9.92 Å². The molecule has 0 aliphatic rings. The van der Waals surface area contributed by atoms with Crippen LogP contribution in [0.2, 0.25) is 10.0 Å². The Morgan fingerprint density at radius 3 is 2.25 bits per heavy atom. The van der Waals surface area contributed by atoms with Crippen molar-refractivity contribution >= 4 is 33.2 Å². The smallest absolute Gasteiger partial charge is 0.242 e. The summed E-state index contributed by atoms with van der Waals surface area (Å²) < 4.78 is 27.5. The molecule has 0 heterocycles. The molecule has 1 atom stereocenters. The highest BCUT2D eigenvalue weighted by Gasteiger charge is 2.33. The second kappa shape index (κ2) is 5.81. The van der Waals surface area contributed by atoms with Crippen molar-refractivity contribution in [1.29, 1.82) is 0 Å². The van der Waals surface area contributed by atoms with Gasteiger partial charge in [-0.2, -0.15) is 0 Å². The normalized spacial score (nSPS) is 14.4. The lowest BCUT2D eigenvalue weighted by Crippen LogP contribution is -2.51. The summed E-state index contributed by atoms with van der Waals surface area (Å²) in [4.78, 5) is -0.0436. The van der Waals surface area contributed by atoms with Crippen molar-refractivity contribution in [2.24, 2.45) is 0 Å². The summed E-state index contributed by atoms with van der Waals surface area (Å²) in [5, 5.41) is 10.1. The lowest BCUT2D eigenvalue weighted by molar-refractivity contribution is 0.111. The molecule has 0 aliphatic heterocycles. The molecule has 0 aliphatic carbocycles. The SMILES string of the molecule is Cc1cc(Cl)c(C)c(S(=O)(=O)NC(C)(C)C(C)O)c1Cl. The Hall–Kier alpha value is -0.330. The summed E-state index contributed by atoms with van der Waals surface area (Å²) in [6.07, 6.45) is -0.864. The van der Waals surface area contributed by atoms with E-state index in [0.29, 0.717) is 16.1 Å². The summed E-state index contributed by atoms with van der Waals surface area (Å²) in [7, 11) is -3.90. The average Bonchev–Trinajstić information content (AvgIpc) is 2.24. The minimum Gasteiger partial charge on any atom is -0.391 e. The second-order valence-corrected chi connectivity index (χ2v) is 7.85. The molecule has 0 radical (unpaired) electrons. The Morgan fingerprint density at radius 2 is 1.80 bits per heavy atom. The van der Waals surface area contributed by atoms with Gasteiger partial charge in [-0.3, -0.25) is 0 Å². The molecule has 0 spiro atoms. The third-order valence-corrected chi connectivity index (χ3v) is 6.13. The van der Waals surface area contributed by atoms with Crippen LogP contribution in [0.15, 0.2) is 11.0 Å². The van der Waals surface area contributed by atoms with Crippen molar-refractivity contribution in [2.45, 2.75) is 51.2 Å². The van der Waals surface area contributed by atoms with E-state index >= 15 is 0 Å². The van der Waals surface area contributed by atoms with Crippen LogP contribution < -0.4 is 4.72 Å². The van der Waals surface area contributed by atoms with Crippen molar-refractivity contribution in [3.05, 3.63) is 27.2 Å².